The summed E-state index contributed by atoms with van der Waals surface area (Å²) in [6.07, 6.45) is 3.32. The van der Waals surface area contributed by atoms with E-state index in [1.807, 2.05) is 27.7 Å². The molecule has 0 spiro atoms. The Labute approximate surface area is 256 Å². The summed E-state index contributed by atoms with van der Waals surface area (Å²) in [6, 6.07) is 10.3. The zero-order valence-corrected chi connectivity index (χ0v) is 26.1. The number of amides is 1. The summed E-state index contributed by atoms with van der Waals surface area (Å²) >= 11 is 12.6. The molecule has 0 aliphatic carbocycles. The third-order valence-corrected chi connectivity index (χ3v) is 7.31. The maximum Gasteiger partial charge on any atom is 0.305 e. The maximum absolute atomic E-state index is 13.9. The molecule has 226 valence electrons. The van der Waals surface area contributed by atoms with Crippen LogP contribution in [0, 0.1) is 6.92 Å². The first-order valence-corrected chi connectivity index (χ1v) is 14.7. The SMILES string of the molecule is CCCCC(C(=O)N[C@@H](CC(=O)O)c1cccc(OC(C)C)c1)n1cc(C)cc(Cc2c(Cl)cc(Cl)cc2OC)c1=O. The van der Waals surface area contributed by atoms with Gasteiger partial charge in [-0.1, -0.05) is 55.1 Å². The summed E-state index contributed by atoms with van der Waals surface area (Å²) in [7, 11) is 1.50. The summed E-state index contributed by atoms with van der Waals surface area (Å²) in [4.78, 5) is 39.5. The minimum atomic E-state index is -1.07. The third-order valence-electron chi connectivity index (χ3n) is 6.76. The van der Waals surface area contributed by atoms with E-state index in [9.17, 15) is 19.5 Å². The number of unbranched alkanes of at least 4 members (excludes halogenated alkanes) is 1. The van der Waals surface area contributed by atoms with Crippen molar-refractivity contribution in [3.8, 4) is 11.5 Å². The number of ether oxygens (including phenoxy) is 2. The Morgan fingerprint density at radius 3 is 2.50 bits per heavy atom. The molecule has 0 aliphatic rings. The largest absolute Gasteiger partial charge is 0.496 e. The maximum atomic E-state index is 13.9. The quantitative estimate of drug-likeness (QED) is 0.204. The average molecular weight is 618 g/mol. The molecule has 1 amide bonds. The Balaban J connectivity index is 2.01. The van der Waals surface area contributed by atoms with Crippen molar-refractivity contribution in [2.24, 2.45) is 0 Å². The van der Waals surface area contributed by atoms with E-state index in [2.05, 4.69) is 5.32 Å². The van der Waals surface area contributed by atoms with Gasteiger partial charge in [-0.2, -0.15) is 0 Å². The molecule has 2 N–H and O–H groups in total. The van der Waals surface area contributed by atoms with Gasteiger partial charge in [-0.15, -0.1) is 0 Å². The number of aryl methyl sites for hydroxylation is 1. The zero-order valence-electron chi connectivity index (χ0n) is 24.6. The highest BCUT2D eigenvalue weighted by Gasteiger charge is 2.27. The van der Waals surface area contributed by atoms with Gasteiger partial charge in [-0.25, -0.2) is 0 Å². The van der Waals surface area contributed by atoms with Gasteiger partial charge in [0.05, 0.1) is 25.7 Å². The normalized spacial score (nSPS) is 12.6. The topological polar surface area (TPSA) is 107 Å². The second-order valence-electron chi connectivity index (χ2n) is 10.6. The Bertz CT molecular complexity index is 1470. The fraction of sp³-hybridized carbons (Fsp3) is 0.406. The van der Waals surface area contributed by atoms with E-state index in [4.69, 9.17) is 32.7 Å². The number of nitrogens with one attached hydrogen (secondary N) is 1. The van der Waals surface area contributed by atoms with E-state index in [1.165, 1.54) is 11.7 Å². The van der Waals surface area contributed by atoms with E-state index >= 15 is 0 Å². The van der Waals surface area contributed by atoms with Gasteiger partial charge in [-0.3, -0.25) is 14.4 Å². The number of hydrogen-bond acceptors (Lipinski definition) is 5. The molecule has 1 unspecified atom stereocenters. The van der Waals surface area contributed by atoms with Gasteiger partial charge in [0.15, 0.2) is 0 Å². The van der Waals surface area contributed by atoms with Crippen LogP contribution in [0.2, 0.25) is 10.0 Å². The Morgan fingerprint density at radius 2 is 1.86 bits per heavy atom. The van der Waals surface area contributed by atoms with Crippen LogP contribution in [0.5, 0.6) is 11.5 Å². The van der Waals surface area contributed by atoms with Crippen LogP contribution in [-0.4, -0.2) is 34.8 Å². The molecule has 3 rings (SSSR count). The fourth-order valence-corrected chi connectivity index (χ4v) is 5.41. The molecule has 0 radical (unpaired) electrons. The van der Waals surface area contributed by atoms with Crippen molar-refractivity contribution in [2.45, 2.75) is 78.0 Å². The van der Waals surface area contributed by atoms with Crippen LogP contribution in [0.3, 0.4) is 0 Å². The molecule has 8 nitrogen and oxygen atoms in total. The highest BCUT2D eigenvalue weighted by molar-refractivity contribution is 6.35. The van der Waals surface area contributed by atoms with Gasteiger partial charge in [0.2, 0.25) is 5.91 Å². The van der Waals surface area contributed by atoms with Gasteiger partial charge in [-0.05, 0) is 68.7 Å². The lowest BCUT2D eigenvalue weighted by Gasteiger charge is -2.25. The minimum Gasteiger partial charge on any atom is -0.496 e. The van der Waals surface area contributed by atoms with Crippen molar-refractivity contribution in [2.75, 3.05) is 7.11 Å². The number of nitrogens with zero attached hydrogens (tertiary/aromatic N) is 1. The molecule has 1 aromatic heterocycles. The van der Waals surface area contributed by atoms with Crippen LogP contribution in [0.1, 0.15) is 80.8 Å². The molecule has 1 heterocycles. The Kier molecular flexibility index (Phi) is 11.9. The lowest BCUT2D eigenvalue weighted by atomic mass is 10.0. The van der Waals surface area contributed by atoms with Crippen LogP contribution in [0.25, 0.3) is 0 Å². The van der Waals surface area contributed by atoms with Crippen molar-refractivity contribution < 1.29 is 24.2 Å². The van der Waals surface area contributed by atoms with Crippen molar-refractivity contribution in [1.29, 1.82) is 0 Å². The average Bonchev–Trinajstić information content (AvgIpc) is 2.91. The van der Waals surface area contributed by atoms with Crippen LogP contribution < -0.4 is 20.3 Å². The van der Waals surface area contributed by atoms with E-state index in [1.54, 1.807) is 48.7 Å². The molecule has 0 saturated heterocycles. The number of carboxylic acids is 1. The predicted octanol–water partition coefficient (Wildman–Crippen LogP) is 6.91. The second-order valence-corrected chi connectivity index (χ2v) is 11.4. The molecule has 42 heavy (non-hydrogen) atoms. The second kappa shape index (κ2) is 15.1. The van der Waals surface area contributed by atoms with Gasteiger partial charge >= 0.3 is 5.97 Å². The number of aliphatic carboxylic acids is 1. The van der Waals surface area contributed by atoms with Crippen LogP contribution in [-0.2, 0) is 16.0 Å². The fourth-order valence-electron chi connectivity index (χ4n) is 4.87. The van der Waals surface area contributed by atoms with Crippen molar-refractivity contribution >= 4 is 35.1 Å². The molecule has 3 aromatic rings. The number of carbonyl (C=O) groups excluding carboxylic acids is 1. The van der Waals surface area contributed by atoms with Crippen molar-refractivity contribution in [1.82, 2.24) is 9.88 Å². The molecule has 0 aliphatic heterocycles. The van der Waals surface area contributed by atoms with Gasteiger partial charge in [0, 0.05) is 33.8 Å². The molecule has 0 bridgehead atoms. The molecule has 0 saturated carbocycles. The smallest absolute Gasteiger partial charge is 0.305 e. The van der Waals surface area contributed by atoms with Crippen LogP contribution in [0.4, 0.5) is 0 Å². The van der Waals surface area contributed by atoms with Gasteiger partial charge in [0.25, 0.3) is 5.56 Å². The number of rotatable bonds is 14. The van der Waals surface area contributed by atoms with E-state index in [0.717, 1.165) is 12.0 Å². The standard InChI is InChI=1S/C32H38Cl2N2O6/c1-6-7-11-28(31(39)35-27(17-30(37)38)21-9-8-10-24(13-21)42-19(2)3)36-18-20(4)12-22(32(36)40)14-25-26(34)15-23(33)16-29(25)41-5/h8-10,12-13,15-16,18-19,27-28H,6-7,11,14,17H2,1-5H3,(H,35,39)(H,37,38)/t27-,28?/m0/s1. The first-order valence-electron chi connectivity index (χ1n) is 14.0. The lowest BCUT2D eigenvalue weighted by molar-refractivity contribution is -0.138. The minimum absolute atomic E-state index is 0.0729. The van der Waals surface area contributed by atoms with Gasteiger partial charge in [0.1, 0.15) is 17.5 Å². The highest BCUT2D eigenvalue weighted by atomic mass is 35.5. The number of carboxylic acid groups (broad SMARTS) is 1. The summed E-state index contributed by atoms with van der Waals surface area (Å²) in [5.74, 6) is -0.471. The van der Waals surface area contributed by atoms with Crippen molar-refractivity contribution in [3.63, 3.8) is 0 Å². The summed E-state index contributed by atoms with van der Waals surface area (Å²) < 4.78 is 12.7. The number of benzene rings is 2. The molecule has 10 heteroatoms. The number of halogens is 2. The Morgan fingerprint density at radius 1 is 1.12 bits per heavy atom. The number of carbonyl (C=O) groups is 2. The summed E-state index contributed by atoms with van der Waals surface area (Å²) in [5.41, 5.74) is 2.08. The molecule has 2 aromatic carbocycles. The number of hydrogen-bond donors (Lipinski definition) is 2. The third kappa shape index (κ3) is 8.76. The lowest BCUT2D eigenvalue weighted by Crippen LogP contribution is -2.40. The summed E-state index contributed by atoms with van der Waals surface area (Å²) in [5, 5.41) is 13.3. The first kappa shape index (κ1) is 33.0. The number of aromatic nitrogens is 1. The van der Waals surface area contributed by atoms with Crippen LogP contribution >= 0.6 is 23.2 Å². The van der Waals surface area contributed by atoms with E-state index in [-0.39, 0.29) is 24.5 Å². The van der Waals surface area contributed by atoms with E-state index in [0.29, 0.717) is 51.1 Å². The molecular weight excluding hydrogens is 579 g/mol. The molecular formula is C32H38Cl2N2O6. The Hall–Kier alpha value is -3.49. The highest BCUT2D eigenvalue weighted by Crippen LogP contribution is 2.32. The number of methoxy groups -OCH3 is 1. The predicted molar refractivity (Wildman–Crippen MR) is 165 cm³/mol. The summed E-state index contributed by atoms with van der Waals surface area (Å²) in [6.45, 7) is 7.64. The van der Waals surface area contributed by atoms with E-state index < -0.39 is 24.0 Å². The monoisotopic (exact) mass is 616 g/mol. The van der Waals surface area contributed by atoms with Gasteiger partial charge < -0.3 is 24.5 Å². The van der Waals surface area contributed by atoms with Crippen molar-refractivity contribution in [3.05, 3.63) is 91.3 Å². The molecule has 2 atom stereocenters. The van der Waals surface area contributed by atoms with Crippen LogP contribution in [0.15, 0.2) is 53.5 Å². The zero-order chi connectivity index (χ0) is 31.0. The molecule has 0 fully saturated rings. The number of pyridine rings is 1. The first-order chi connectivity index (χ1) is 19.9.